The smallest absolute Gasteiger partial charge is 0.355 e. The molecule has 0 spiro atoms. The Morgan fingerprint density at radius 2 is 1.88 bits per heavy atom. The maximum atomic E-state index is 10.9. The van der Waals surface area contributed by atoms with Crippen LogP contribution in [0.4, 0.5) is 0 Å². The van der Waals surface area contributed by atoms with Crippen molar-refractivity contribution in [3.8, 4) is 22.1 Å². The number of aromatic carboxylic acids is 1. The Morgan fingerprint density at radius 3 is 2.48 bits per heavy atom. The van der Waals surface area contributed by atoms with Crippen molar-refractivity contribution >= 4 is 17.3 Å². The Kier molecular flexibility index (Phi) is 4.86. The monoisotopic (exact) mass is 353 g/mol. The molecule has 0 aliphatic carbocycles. The minimum Gasteiger partial charge on any atom is -0.476 e. The van der Waals surface area contributed by atoms with E-state index in [1.165, 1.54) is 16.9 Å². The highest BCUT2D eigenvalue weighted by Crippen LogP contribution is 2.33. The lowest BCUT2D eigenvalue weighted by molar-refractivity contribution is 0.0691. The number of ether oxygens (including phenoxy) is 1. The molecule has 1 N–H and O–H groups in total. The van der Waals surface area contributed by atoms with Gasteiger partial charge >= 0.3 is 5.97 Å². The molecule has 2 aromatic carbocycles. The number of rotatable bonds is 5. The van der Waals surface area contributed by atoms with Crippen molar-refractivity contribution in [2.75, 3.05) is 0 Å². The van der Waals surface area contributed by atoms with Gasteiger partial charge in [0.05, 0.1) is 0 Å². The molecule has 25 heavy (non-hydrogen) atoms. The van der Waals surface area contributed by atoms with Gasteiger partial charge in [-0.05, 0) is 54.3 Å². The second-order valence-corrected chi connectivity index (χ2v) is 7.02. The number of thiazole rings is 1. The number of aromatic nitrogens is 1. The molecule has 1 heterocycles. The van der Waals surface area contributed by atoms with E-state index in [0.29, 0.717) is 10.9 Å². The maximum absolute atomic E-state index is 10.9. The normalized spacial score (nSPS) is 10.9. The van der Waals surface area contributed by atoms with Gasteiger partial charge in [0, 0.05) is 10.9 Å². The largest absolute Gasteiger partial charge is 0.476 e. The van der Waals surface area contributed by atoms with E-state index in [1.54, 1.807) is 5.38 Å². The lowest BCUT2D eigenvalue weighted by atomic mass is 10.0. The average Bonchev–Trinajstić information content (AvgIpc) is 3.05. The fourth-order valence-corrected chi connectivity index (χ4v) is 3.30. The van der Waals surface area contributed by atoms with E-state index in [2.05, 4.69) is 31.0 Å². The van der Waals surface area contributed by atoms with Crippen molar-refractivity contribution in [1.82, 2.24) is 4.98 Å². The van der Waals surface area contributed by atoms with Crippen LogP contribution in [0, 0.1) is 6.92 Å². The molecule has 3 rings (SSSR count). The van der Waals surface area contributed by atoms with Crippen LogP contribution in [0.2, 0.25) is 0 Å². The van der Waals surface area contributed by atoms with Gasteiger partial charge in [-0.2, -0.15) is 0 Å². The SMILES string of the molecule is Cc1ccc(C(C)C)c(Oc2ccc(-c3nc(C(=O)O)cs3)cc2)c1. The minimum atomic E-state index is -1.01. The number of hydrogen-bond acceptors (Lipinski definition) is 4. The van der Waals surface area contributed by atoms with E-state index in [0.717, 1.165) is 22.6 Å². The van der Waals surface area contributed by atoms with E-state index in [1.807, 2.05) is 37.3 Å². The van der Waals surface area contributed by atoms with Crippen molar-refractivity contribution < 1.29 is 14.6 Å². The zero-order valence-electron chi connectivity index (χ0n) is 14.3. The lowest BCUT2D eigenvalue weighted by Gasteiger charge is -2.14. The number of carbonyl (C=O) groups is 1. The molecule has 1 aromatic heterocycles. The molecule has 0 fully saturated rings. The van der Waals surface area contributed by atoms with Crippen LogP contribution in [0.1, 0.15) is 41.4 Å². The number of nitrogens with zero attached hydrogens (tertiary/aromatic N) is 1. The first-order chi connectivity index (χ1) is 11.9. The molecule has 0 amide bonds. The second kappa shape index (κ2) is 7.07. The number of carboxylic acids is 1. The van der Waals surface area contributed by atoms with E-state index < -0.39 is 5.97 Å². The van der Waals surface area contributed by atoms with Gasteiger partial charge in [-0.25, -0.2) is 9.78 Å². The van der Waals surface area contributed by atoms with Crippen LogP contribution in [0.15, 0.2) is 47.8 Å². The highest BCUT2D eigenvalue weighted by molar-refractivity contribution is 7.13. The summed E-state index contributed by atoms with van der Waals surface area (Å²) < 4.78 is 6.07. The Labute approximate surface area is 150 Å². The van der Waals surface area contributed by atoms with Crippen molar-refractivity contribution in [3.63, 3.8) is 0 Å². The van der Waals surface area contributed by atoms with Gasteiger partial charge in [0.25, 0.3) is 0 Å². The summed E-state index contributed by atoms with van der Waals surface area (Å²) in [7, 11) is 0. The highest BCUT2D eigenvalue weighted by atomic mass is 32.1. The summed E-state index contributed by atoms with van der Waals surface area (Å²) in [6, 6.07) is 13.8. The molecule has 3 aromatic rings. The third-order valence-electron chi connectivity index (χ3n) is 3.84. The van der Waals surface area contributed by atoms with Crippen LogP contribution in [-0.4, -0.2) is 16.1 Å². The molecular formula is C20H19NO3S. The zero-order valence-corrected chi connectivity index (χ0v) is 15.1. The van der Waals surface area contributed by atoms with Crippen LogP contribution in [0.25, 0.3) is 10.6 Å². The van der Waals surface area contributed by atoms with Gasteiger partial charge in [-0.1, -0.05) is 26.0 Å². The van der Waals surface area contributed by atoms with E-state index in [9.17, 15) is 4.79 Å². The molecule has 0 bridgehead atoms. The molecule has 0 unspecified atom stereocenters. The summed E-state index contributed by atoms with van der Waals surface area (Å²) in [6.45, 7) is 6.33. The first kappa shape index (κ1) is 17.2. The van der Waals surface area contributed by atoms with Crippen LogP contribution < -0.4 is 4.74 Å². The number of carboxylic acid groups (broad SMARTS) is 1. The summed E-state index contributed by atoms with van der Waals surface area (Å²) >= 11 is 1.32. The van der Waals surface area contributed by atoms with E-state index >= 15 is 0 Å². The average molecular weight is 353 g/mol. The zero-order chi connectivity index (χ0) is 18.0. The van der Waals surface area contributed by atoms with Gasteiger partial charge in [0.2, 0.25) is 0 Å². The standard InChI is InChI=1S/C20H19NO3S/c1-12(2)16-9-4-13(3)10-18(16)24-15-7-5-14(6-8-15)19-21-17(11-25-19)20(22)23/h4-12H,1-3H3,(H,22,23). The first-order valence-electron chi connectivity index (χ1n) is 8.01. The van der Waals surface area contributed by atoms with Crippen molar-refractivity contribution in [1.29, 1.82) is 0 Å². The van der Waals surface area contributed by atoms with Crippen LogP contribution >= 0.6 is 11.3 Å². The van der Waals surface area contributed by atoms with Crippen LogP contribution in [0.5, 0.6) is 11.5 Å². The Balaban J connectivity index is 1.83. The quantitative estimate of drug-likeness (QED) is 0.636. The Bertz CT molecular complexity index is 898. The van der Waals surface area contributed by atoms with Gasteiger partial charge < -0.3 is 9.84 Å². The topological polar surface area (TPSA) is 59.4 Å². The second-order valence-electron chi connectivity index (χ2n) is 6.17. The fraction of sp³-hybridized carbons (Fsp3) is 0.200. The highest BCUT2D eigenvalue weighted by Gasteiger charge is 2.12. The molecule has 0 saturated carbocycles. The van der Waals surface area contributed by atoms with Crippen molar-refractivity contribution in [3.05, 3.63) is 64.7 Å². The lowest BCUT2D eigenvalue weighted by Crippen LogP contribution is -1.96. The summed E-state index contributed by atoms with van der Waals surface area (Å²) in [4.78, 5) is 15.1. The Hall–Kier alpha value is -2.66. The molecule has 0 radical (unpaired) electrons. The fourth-order valence-electron chi connectivity index (χ4n) is 2.50. The van der Waals surface area contributed by atoms with Gasteiger partial charge in [-0.3, -0.25) is 0 Å². The molecule has 0 aliphatic rings. The van der Waals surface area contributed by atoms with Crippen molar-refractivity contribution in [2.45, 2.75) is 26.7 Å². The molecule has 0 atom stereocenters. The predicted molar refractivity (Wildman–Crippen MR) is 99.9 cm³/mol. The summed E-state index contributed by atoms with van der Waals surface area (Å²) in [5.41, 5.74) is 3.26. The summed E-state index contributed by atoms with van der Waals surface area (Å²) in [5, 5.41) is 11.2. The van der Waals surface area contributed by atoms with Gasteiger partial charge in [0.1, 0.15) is 16.5 Å². The summed E-state index contributed by atoms with van der Waals surface area (Å²) in [6.07, 6.45) is 0. The number of benzene rings is 2. The minimum absolute atomic E-state index is 0.0710. The molecule has 0 aliphatic heterocycles. The molecule has 5 heteroatoms. The van der Waals surface area contributed by atoms with Gasteiger partial charge in [0.15, 0.2) is 5.69 Å². The van der Waals surface area contributed by atoms with Crippen LogP contribution in [0.3, 0.4) is 0 Å². The molecular weight excluding hydrogens is 334 g/mol. The molecule has 128 valence electrons. The molecule has 4 nitrogen and oxygen atoms in total. The van der Waals surface area contributed by atoms with E-state index in [-0.39, 0.29) is 5.69 Å². The van der Waals surface area contributed by atoms with Crippen LogP contribution in [-0.2, 0) is 0 Å². The van der Waals surface area contributed by atoms with Crippen molar-refractivity contribution in [2.24, 2.45) is 0 Å². The van der Waals surface area contributed by atoms with E-state index in [4.69, 9.17) is 9.84 Å². The number of hydrogen-bond donors (Lipinski definition) is 1. The Morgan fingerprint density at radius 1 is 1.16 bits per heavy atom. The molecule has 0 saturated heterocycles. The predicted octanol–water partition coefficient (Wildman–Crippen LogP) is 5.73. The number of aryl methyl sites for hydroxylation is 1. The third kappa shape index (κ3) is 3.88. The van der Waals surface area contributed by atoms with Gasteiger partial charge in [-0.15, -0.1) is 11.3 Å². The maximum Gasteiger partial charge on any atom is 0.355 e. The first-order valence-corrected chi connectivity index (χ1v) is 8.89. The summed E-state index contributed by atoms with van der Waals surface area (Å²) in [5.74, 6) is 0.971. The third-order valence-corrected chi connectivity index (χ3v) is 4.73.